The first kappa shape index (κ1) is 14.0. The summed E-state index contributed by atoms with van der Waals surface area (Å²) < 4.78 is 5.44. The highest BCUT2D eigenvalue weighted by atomic mass is 16.5. The van der Waals surface area contributed by atoms with Crippen molar-refractivity contribution in [1.82, 2.24) is 4.98 Å². The van der Waals surface area contributed by atoms with Gasteiger partial charge in [-0.15, -0.1) is 0 Å². The molecule has 0 saturated heterocycles. The molecule has 2 aromatic carbocycles. The molecule has 1 heterocycles. The fourth-order valence-electron chi connectivity index (χ4n) is 2.33. The molecule has 0 aliphatic heterocycles. The van der Waals surface area contributed by atoms with E-state index in [9.17, 15) is 4.79 Å². The van der Waals surface area contributed by atoms with Crippen LogP contribution < -0.4 is 4.74 Å². The second kappa shape index (κ2) is 6.68. The van der Waals surface area contributed by atoms with Crippen LogP contribution in [0.4, 0.5) is 0 Å². The Labute approximate surface area is 129 Å². The first-order valence-corrected chi connectivity index (χ1v) is 7.07. The molecular weight excluding hydrogens is 274 g/mol. The quantitative estimate of drug-likeness (QED) is 0.685. The minimum absolute atomic E-state index is 0.310. The van der Waals surface area contributed by atoms with Crippen molar-refractivity contribution in [3.8, 4) is 5.88 Å². The van der Waals surface area contributed by atoms with Gasteiger partial charge in [-0.05, 0) is 17.2 Å². The summed E-state index contributed by atoms with van der Waals surface area (Å²) in [5, 5.41) is 0. The zero-order valence-electron chi connectivity index (χ0n) is 11.9. The minimum Gasteiger partial charge on any atom is -0.407 e. The van der Waals surface area contributed by atoms with Gasteiger partial charge in [0.15, 0.2) is 0 Å². The van der Waals surface area contributed by atoms with Crippen LogP contribution in [-0.2, 0) is 4.79 Å². The molecule has 3 nitrogen and oxygen atoms in total. The van der Waals surface area contributed by atoms with E-state index in [-0.39, 0.29) is 5.97 Å². The molecule has 3 rings (SSSR count). The molecule has 0 radical (unpaired) electrons. The zero-order valence-corrected chi connectivity index (χ0v) is 11.9. The number of carbonyl (C=O) groups is 1. The van der Waals surface area contributed by atoms with Gasteiger partial charge in [-0.1, -0.05) is 66.7 Å². The lowest BCUT2D eigenvalue weighted by Gasteiger charge is -2.16. The van der Waals surface area contributed by atoms with Crippen LogP contribution in [0.25, 0.3) is 0 Å². The predicted octanol–water partition coefficient (Wildman–Crippen LogP) is 3.82. The number of esters is 1. The maximum absolute atomic E-state index is 12.7. The normalized spacial score (nSPS) is 10.4. The largest absolute Gasteiger partial charge is 0.407 e. The van der Waals surface area contributed by atoms with Gasteiger partial charge in [0.05, 0.1) is 0 Å². The summed E-state index contributed by atoms with van der Waals surface area (Å²) in [4.78, 5) is 16.7. The summed E-state index contributed by atoms with van der Waals surface area (Å²) >= 11 is 0. The van der Waals surface area contributed by atoms with Crippen LogP contribution >= 0.6 is 0 Å². The molecule has 0 amide bonds. The summed E-state index contributed by atoms with van der Waals surface area (Å²) in [5.74, 6) is -0.495. The molecular formula is C19H15NO2. The van der Waals surface area contributed by atoms with Crippen molar-refractivity contribution in [2.75, 3.05) is 0 Å². The molecule has 1 aromatic heterocycles. The van der Waals surface area contributed by atoms with Crippen molar-refractivity contribution < 1.29 is 9.53 Å². The van der Waals surface area contributed by atoms with E-state index >= 15 is 0 Å². The van der Waals surface area contributed by atoms with Crippen LogP contribution in [-0.4, -0.2) is 11.0 Å². The summed E-state index contributed by atoms with van der Waals surface area (Å²) in [6.07, 6.45) is 1.60. The van der Waals surface area contributed by atoms with Crippen LogP contribution in [0.1, 0.15) is 17.0 Å². The number of nitrogens with zero attached hydrogens (tertiary/aromatic N) is 1. The Morgan fingerprint density at radius 2 is 1.32 bits per heavy atom. The second-order valence-corrected chi connectivity index (χ2v) is 4.84. The van der Waals surface area contributed by atoms with E-state index in [0.29, 0.717) is 5.88 Å². The number of carbonyl (C=O) groups excluding carboxylic acids is 1. The Morgan fingerprint density at radius 3 is 1.82 bits per heavy atom. The Balaban J connectivity index is 1.94. The Kier molecular flexibility index (Phi) is 4.25. The number of ether oxygens (including phenoxy) is 1. The molecule has 3 aromatic rings. The third kappa shape index (κ3) is 3.20. The van der Waals surface area contributed by atoms with E-state index in [1.54, 1.807) is 24.4 Å². The maximum Gasteiger partial charge on any atom is 0.324 e. The number of aromatic nitrogens is 1. The van der Waals surface area contributed by atoms with Crippen molar-refractivity contribution in [3.05, 3.63) is 96.2 Å². The summed E-state index contributed by atoms with van der Waals surface area (Å²) in [6, 6.07) is 24.5. The molecule has 0 aliphatic rings. The number of hydrogen-bond donors (Lipinski definition) is 0. The van der Waals surface area contributed by atoms with Crippen molar-refractivity contribution >= 4 is 5.97 Å². The van der Waals surface area contributed by atoms with E-state index in [2.05, 4.69) is 4.98 Å². The topological polar surface area (TPSA) is 39.2 Å². The summed E-state index contributed by atoms with van der Waals surface area (Å²) in [5.41, 5.74) is 1.80. The lowest BCUT2D eigenvalue weighted by molar-refractivity contribution is -0.135. The Bertz CT molecular complexity index is 688. The highest BCUT2D eigenvalue weighted by Gasteiger charge is 2.24. The number of rotatable bonds is 4. The smallest absolute Gasteiger partial charge is 0.324 e. The molecule has 22 heavy (non-hydrogen) atoms. The molecule has 0 N–H and O–H groups in total. The van der Waals surface area contributed by atoms with Gasteiger partial charge < -0.3 is 4.74 Å². The summed E-state index contributed by atoms with van der Waals surface area (Å²) in [6.45, 7) is 0. The lowest BCUT2D eigenvalue weighted by atomic mass is 9.91. The van der Waals surface area contributed by atoms with E-state index < -0.39 is 5.92 Å². The van der Waals surface area contributed by atoms with Gasteiger partial charge in [0.1, 0.15) is 5.92 Å². The van der Waals surface area contributed by atoms with Crippen molar-refractivity contribution in [1.29, 1.82) is 0 Å². The van der Waals surface area contributed by atoms with Crippen LogP contribution in [0.5, 0.6) is 5.88 Å². The van der Waals surface area contributed by atoms with Crippen LogP contribution in [0.15, 0.2) is 85.1 Å². The Morgan fingerprint density at radius 1 is 0.773 bits per heavy atom. The van der Waals surface area contributed by atoms with Gasteiger partial charge in [-0.3, -0.25) is 4.79 Å². The van der Waals surface area contributed by atoms with Gasteiger partial charge in [0.2, 0.25) is 5.88 Å². The fourth-order valence-corrected chi connectivity index (χ4v) is 2.33. The molecule has 0 spiro atoms. The van der Waals surface area contributed by atoms with Crippen molar-refractivity contribution in [2.45, 2.75) is 5.92 Å². The fraction of sp³-hybridized carbons (Fsp3) is 0.0526. The van der Waals surface area contributed by atoms with Crippen LogP contribution in [0, 0.1) is 0 Å². The van der Waals surface area contributed by atoms with Gasteiger partial charge in [-0.25, -0.2) is 4.98 Å². The van der Waals surface area contributed by atoms with E-state index in [0.717, 1.165) is 11.1 Å². The molecule has 0 saturated carbocycles. The van der Waals surface area contributed by atoms with E-state index in [1.165, 1.54) is 0 Å². The summed E-state index contributed by atoms with van der Waals surface area (Å²) in [7, 11) is 0. The minimum atomic E-state index is -0.468. The predicted molar refractivity (Wildman–Crippen MR) is 84.6 cm³/mol. The number of benzene rings is 2. The highest BCUT2D eigenvalue weighted by Crippen LogP contribution is 2.26. The van der Waals surface area contributed by atoms with Crippen LogP contribution in [0.3, 0.4) is 0 Å². The third-order valence-electron chi connectivity index (χ3n) is 3.34. The average Bonchev–Trinajstić information content (AvgIpc) is 2.58. The molecule has 0 bridgehead atoms. The second-order valence-electron chi connectivity index (χ2n) is 4.84. The molecule has 0 fully saturated rings. The van der Waals surface area contributed by atoms with Gasteiger partial charge in [0.25, 0.3) is 0 Å². The zero-order chi connectivity index (χ0) is 15.2. The molecule has 3 heteroatoms. The molecule has 108 valence electrons. The van der Waals surface area contributed by atoms with Crippen molar-refractivity contribution in [2.24, 2.45) is 0 Å². The standard InChI is InChI=1S/C19H15NO2/c21-19(22-17-13-7-8-14-20-17)18(15-9-3-1-4-10-15)16-11-5-2-6-12-16/h1-14,18H. The van der Waals surface area contributed by atoms with E-state index in [4.69, 9.17) is 4.74 Å². The Hall–Kier alpha value is -2.94. The van der Waals surface area contributed by atoms with Gasteiger partial charge in [-0.2, -0.15) is 0 Å². The average molecular weight is 289 g/mol. The SMILES string of the molecule is O=C(Oc1ccccn1)C(c1ccccc1)c1ccccc1. The first-order chi connectivity index (χ1) is 10.8. The maximum atomic E-state index is 12.7. The number of pyridine rings is 1. The molecule has 0 unspecified atom stereocenters. The highest BCUT2D eigenvalue weighted by molar-refractivity contribution is 5.83. The third-order valence-corrected chi connectivity index (χ3v) is 3.34. The first-order valence-electron chi connectivity index (χ1n) is 7.07. The van der Waals surface area contributed by atoms with Gasteiger partial charge >= 0.3 is 5.97 Å². The number of hydrogen-bond acceptors (Lipinski definition) is 3. The molecule has 0 aliphatic carbocycles. The van der Waals surface area contributed by atoms with E-state index in [1.807, 2.05) is 60.7 Å². The molecule has 0 atom stereocenters. The van der Waals surface area contributed by atoms with Gasteiger partial charge in [0, 0.05) is 12.3 Å². The van der Waals surface area contributed by atoms with Crippen LogP contribution in [0.2, 0.25) is 0 Å². The van der Waals surface area contributed by atoms with Crippen molar-refractivity contribution in [3.63, 3.8) is 0 Å². The monoisotopic (exact) mass is 289 g/mol. The lowest BCUT2D eigenvalue weighted by Crippen LogP contribution is -2.20.